The first-order valence-corrected chi connectivity index (χ1v) is 8.33. The second-order valence-corrected chi connectivity index (χ2v) is 6.40. The number of carbonyl (C=O) groups excluding carboxylic acids is 1. The number of hydrogen-bond acceptors (Lipinski definition) is 5. The summed E-state index contributed by atoms with van der Waals surface area (Å²) in [4.78, 5) is 26.2. The summed E-state index contributed by atoms with van der Waals surface area (Å²) < 4.78 is 5.38. The number of aliphatic carboxylic acids is 1. The number of nitrogens with two attached hydrogens (primary N) is 1. The molecule has 0 spiro atoms. The second kappa shape index (κ2) is 7.11. The van der Waals surface area contributed by atoms with E-state index in [1.165, 1.54) is 6.92 Å². The van der Waals surface area contributed by atoms with Gasteiger partial charge in [-0.25, -0.2) is 0 Å². The van der Waals surface area contributed by atoms with Gasteiger partial charge in [-0.15, -0.1) is 0 Å². The van der Waals surface area contributed by atoms with E-state index in [9.17, 15) is 14.7 Å². The molecule has 0 saturated carbocycles. The second-order valence-electron chi connectivity index (χ2n) is 6.40. The first-order chi connectivity index (χ1) is 12.9. The predicted octanol–water partition coefficient (Wildman–Crippen LogP) is 3.03. The van der Waals surface area contributed by atoms with Crippen LogP contribution in [0.5, 0.6) is 0 Å². The van der Waals surface area contributed by atoms with Gasteiger partial charge in [0.05, 0.1) is 5.92 Å². The highest BCUT2D eigenvalue weighted by Crippen LogP contribution is 2.44. The first kappa shape index (κ1) is 18.4. The molecule has 0 radical (unpaired) electrons. The Balaban J connectivity index is 1.82. The van der Waals surface area contributed by atoms with E-state index in [-0.39, 0.29) is 12.5 Å². The van der Waals surface area contributed by atoms with Gasteiger partial charge in [-0.05, 0) is 34.7 Å². The molecule has 1 aliphatic carbocycles. The maximum atomic E-state index is 12.4. The Hall–Kier alpha value is -3.35. The molecule has 2 aromatic carbocycles. The summed E-state index contributed by atoms with van der Waals surface area (Å²) in [5, 5.41) is 12.3. The van der Waals surface area contributed by atoms with Crippen molar-refractivity contribution in [3.63, 3.8) is 0 Å². The molecule has 27 heavy (non-hydrogen) atoms. The predicted molar refractivity (Wildman–Crippen MR) is 97.5 cm³/mol. The number of benzene rings is 2. The number of carboxylic acid groups (broad SMARTS) is 1. The van der Waals surface area contributed by atoms with E-state index < -0.39 is 23.5 Å². The van der Waals surface area contributed by atoms with Crippen molar-refractivity contribution in [1.82, 2.24) is 0 Å². The van der Waals surface area contributed by atoms with Gasteiger partial charge in [-0.2, -0.15) is 0 Å². The van der Waals surface area contributed by atoms with Gasteiger partial charge in [0.15, 0.2) is 0 Å². The van der Waals surface area contributed by atoms with Gasteiger partial charge in [0.2, 0.25) is 5.66 Å². The third kappa shape index (κ3) is 3.12. The third-order valence-electron chi connectivity index (χ3n) is 4.92. The minimum absolute atomic E-state index is 0.0309. The van der Waals surface area contributed by atoms with E-state index in [0.29, 0.717) is 0 Å². The van der Waals surface area contributed by atoms with E-state index in [2.05, 4.69) is 10.0 Å². The molecule has 2 atom stereocenters. The molecule has 0 aliphatic heterocycles. The van der Waals surface area contributed by atoms with E-state index >= 15 is 0 Å². The average molecular weight is 366 g/mol. The topological polar surface area (TPSA) is 138 Å². The molecule has 0 heterocycles. The molecular weight excluding hydrogens is 348 g/mol. The Bertz CT molecular complexity index is 905. The van der Waals surface area contributed by atoms with E-state index in [1.54, 1.807) is 0 Å². The van der Waals surface area contributed by atoms with Crippen LogP contribution in [0.15, 0.2) is 53.6 Å². The summed E-state index contributed by atoms with van der Waals surface area (Å²) >= 11 is 0. The molecule has 1 aliphatic rings. The van der Waals surface area contributed by atoms with Crippen LogP contribution in [-0.4, -0.2) is 29.3 Å². The highest BCUT2D eigenvalue weighted by Gasteiger charge is 2.44. The lowest BCUT2D eigenvalue weighted by Gasteiger charge is -2.25. The Morgan fingerprint density at radius 2 is 1.74 bits per heavy atom. The van der Waals surface area contributed by atoms with Crippen molar-refractivity contribution in [2.75, 3.05) is 6.61 Å². The fourth-order valence-corrected chi connectivity index (χ4v) is 3.30. The fraction of sp³-hybridized carbons (Fsp3) is 0.263. The van der Waals surface area contributed by atoms with Crippen molar-refractivity contribution >= 4 is 11.9 Å². The number of ether oxygens (including phenoxy) is 1. The Labute approximate surface area is 155 Å². The van der Waals surface area contributed by atoms with Crippen LogP contribution < -0.4 is 5.73 Å². The van der Waals surface area contributed by atoms with E-state index in [4.69, 9.17) is 16.0 Å². The Morgan fingerprint density at radius 1 is 1.22 bits per heavy atom. The monoisotopic (exact) mass is 366 g/mol. The summed E-state index contributed by atoms with van der Waals surface area (Å²) in [6, 6.07) is 15.7. The number of carboxylic acids is 1. The van der Waals surface area contributed by atoms with Crippen molar-refractivity contribution < 1.29 is 19.4 Å². The van der Waals surface area contributed by atoms with Crippen molar-refractivity contribution in [3.05, 3.63) is 70.1 Å². The van der Waals surface area contributed by atoms with Gasteiger partial charge in [0.1, 0.15) is 6.61 Å². The van der Waals surface area contributed by atoms with Crippen LogP contribution in [-0.2, 0) is 14.3 Å². The molecule has 3 N–H and O–H groups in total. The molecule has 3 rings (SSSR count). The van der Waals surface area contributed by atoms with Crippen molar-refractivity contribution in [2.24, 2.45) is 16.8 Å². The van der Waals surface area contributed by atoms with E-state index in [1.807, 2.05) is 48.5 Å². The lowest BCUT2D eigenvalue weighted by Crippen LogP contribution is -2.54. The molecule has 0 unspecified atom stereocenters. The lowest BCUT2D eigenvalue weighted by atomic mass is 9.95. The molecule has 0 saturated heterocycles. The molecule has 138 valence electrons. The van der Waals surface area contributed by atoms with Crippen LogP contribution >= 0.6 is 0 Å². The van der Waals surface area contributed by atoms with Crippen LogP contribution in [0.3, 0.4) is 0 Å². The lowest BCUT2D eigenvalue weighted by molar-refractivity contribution is -0.158. The number of azide groups is 1. The standard InChI is InChI=1S/C19H18N4O4/c1-11(19(20,18(25)26)22-23-21)17(24)27-10-16-14-8-4-2-6-12(14)13-7-3-5-9-15(13)16/h2-9,11,16H,10,20H2,1H3,(H,25,26)/t11-,19-/m0/s1. The largest absolute Gasteiger partial charge is 0.480 e. The number of hydrogen-bond donors (Lipinski definition) is 2. The Kier molecular flexibility index (Phi) is 4.85. The molecule has 8 heteroatoms. The highest BCUT2D eigenvalue weighted by atomic mass is 16.5. The number of esters is 1. The fourth-order valence-electron chi connectivity index (χ4n) is 3.30. The Morgan fingerprint density at radius 3 is 2.22 bits per heavy atom. The average Bonchev–Trinajstić information content (AvgIpc) is 2.99. The maximum absolute atomic E-state index is 12.4. The molecule has 0 amide bonds. The number of rotatable bonds is 6. The normalized spacial score (nSPS) is 15.6. The van der Waals surface area contributed by atoms with Gasteiger partial charge in [0.25, 0.3) is 0 Å². The summed E-state index contributed by atoms with van der Waals surface area (Å²) in [6.07, 6.45) is 0. The summed E-state index contributed by atoms with van der Waals surface area (Å²) in [5.74, 6) is -3.95. The van der Waals surface area contributed by atoms with Gasteiger partial charge < -0.3 is 15.6 Å². The van der Waals surface area contributed by atoms with Gasteiger partial charge in [0, 0.05) is 10.8 Å². The van der Waals surface area contributed by atoms with Crippen LogP contribution in [0.4, 0.5) is 0 Å². The number of nitrogens with zero attached hydrogens (tertiary/aromatic N) is 3. The molecule has 2 aromatic rings. The van der Waals surface area contributed by atoms with Crippen molar-refractivity contribution in [2.45, 2.75) is 18.5 Å². The third-order valence-corrected chi connectivity index (χ3v) is 4.92. The number of fused-ring (bicyclic) bond motifs is 3. The van der Waals surface area contributed by atoms with Crippen LogP contribution in [0.2, 0.25) is 0 Å². The van der Waals surface area contributed by atoms with E-state index in [0.717, 1.165) is 22.3 Å². The van der Waals surface area contributed by atoms with Crippen LogP contribution in [0.25, 0.3) is 21.6 Å². The minimum Gasteiger partial charge on any atom is -0.480 e. The van der Waals surface area contributed by atoms with Gasteiger partial charge >= 0.3 is 11.9 Å². The number of carbonyl (C=O) groups is 2. The zero-order chi connectivity index (χ0) is 19.6. The smallest absolute Gasteiger partial charge is 0.330 e. The molecule has 0 bridgehead atoms. The molecular formula is C19H18N4O4. The molecule has 0 fully saturated rings. The van der Waals surface area contributed by atoms with Gasteiger partial charge in [-0.1, -0.05) is 53.6 Å². The quantitative estimate of drug-likeness (QED) is 0.350. The van der Waals surface area contributed by atoms with Crippen molar-refractivity contribution in [1.29, 1.82) is 0 Å². The maximum Gasteiger partial charge on any atom is 0.330 e. The van der Waals surface area contributed by atoms with Crippen molar-refractivity contribution in [3.8, 4) is 11.1 Å². The zero-order valence-electron chi connectivity index (χ0n) is 14.6. The molecule has 8 nitrogen and oxygen atoms in total. The first-order valence-electron chi connectivity index (χ1n) is 8.33. The van der Waals surface area contributed by atoms with Gasteiger partial charge in [-0.3, -0.25) is 9.59 Å². The highest BCUT2D eigenvalue weighted by molar-refractivity contribution is 5.87. The van der Waals surface area contributed by atoms with Crippen LogP contribution in [0.1, 0.15) is 24.0 Å². The summed E-state index contributed by atoms with van der Waals surface area (Å²) in [7, 11) is 0. The minimum atomic E-state index is -2.41. The SMILES string of the molecule is C[C@@H](C(=O)OCC1c2ccccc2-c2ccccc21)[C@](N)(N=[N+]=[N-])C(=O)O. The summed E-state index contributed by atoms with van der Waals surface area (Å²) in [5.41, 5.74) is 16.0. The zero-order valence-corrected chi connectivity index (χ0v) is 14.6. The van der Waals surface area contributed by atoms with Crippen LogP contribution in [0, 0.1) is 5.92 Å². The molecule has 0 aromatic heterocycles. The summed E-state index contributed by atoms with van der Waals surface area (Å²) in [6.45, 7) is 1.30.